The molecule has 1 heterocycles. The van der Waals surface area contributed by atoms with E-state index in [-0.39, 0.29) is 19.0 Å². The molecule has 0 spiro atoms. The van der Waals surface area contributed by atoms with Gasteiger partial charge in [0.05, 0.1) is 11.5 Å². The third-order valence-corrected chi connectivity index (χ3v) is 13.0. The van der Waals surface area contributed by atoms with Gasteiger partial charge in [0, 0.05) is 33.5 Å². The van der Waals surface area contributed by atoms with Crippen LogP contribution in [-0.2, 0) is 14.4 Å². The Balaban J connectivity index is 0.000000940. The molecular formula is C52H79AlBr2NO9+. The minimum atomic E-state index is -1.92. The number of allylic oxidation sites excluding steroid dienone is 2. The molecule has 65 heavy (non-hydrogen) atoms. The van der Waals surface area contributed by atoms with E-state index in [1.807, 2.05) is 71.9 Å². The average Bonchev–Trinajstić information content (AvgIpc) is 3.21. The van der Waals surface area contributed by atoms with E-state index < -0.39 is 38.0 Å². The maximum Gasteiger partial charge on any atom is 0.856 e. The van der Waals surface area contributed by atoms with Crippen molar-refractivity contribution in [3.63, 3.8) is 0 Å². The first kappa shape index (κ1) is 59.7. The van der Waals surface area contributed by atoms with Gasteiger partial charge < -0.3 is 38.5 Å². The molecule has 3 aromatic carbocycles. The molecule has 1 fully saturated rings. The summed E-state index contributed by atoms with van der Waals surface area (Å²) in [5.74, 6) is 1.86. The number of carbonyl (C=O) groups excluding carboxylic acids is 1. The van der Waals surface area contributed by atoms with Gasteiger partial charge in [0.25, 0.3) is 0 Å². The van der Waals surface area contributed by atoms with Crippen LogP contribution in [0.15, 0.2) is 87.8 Å². The van der Waals surface area contributed by atoms with Gasteiger partial charge in [-0.2, -0.15) is 0 Å². The maximum absolute atomic E-state index is 10.3. The molecule has 0 amide bonds. The Hall–Kier alpha value is -3.28. The van der Waals surface area contributed by atoms with Crippen molar-refractivity contribution >= 4 is 76.5 Å². The highest BCUT2D eigenvalue weighted by molar-refractivity contribution is 9.10. The number of quaternary nitrogens is 1. The van der Waals surface area contributed by atoms with Crippen LogP contribution in [0.2, 0.25) is 5.28 Å². The highest BCUT2D eigenvalue weighted by Gasteiger charge is 2.33. The van der Waals surface area contributed by atoms with Crippen LogP contribution in [0.4, 0.5) is 0 Å². The monoisotopic (exact) mass is 1050 g/mol. The Morgan fingerprint density at radius 3 is 1.38 bits per heavy atom. The quantitative estimate of drug-likeness (QED) is 0.124. The van der Waals surface area contributed by atoms with Gasteiger partial charge in [-0.1, -0.05) is 148 Å². The summed E-state index contributed by atoms with van der Waals surface area (Å²) < 4.78 is 15.0. The van der Waals surface area contributed by atoms with Gasteiger partial charge in [0.2, 0.25) is 0 Å². The third kappa shape index (κ3) is 24.9. The zero-order valence-corrected chi connectivity index (χ0v) is 45.0. The first-order valence-corrected chi connectivity index (χ1v) is 26.2. The summed E-state index contributed by atoms with van der Waals surface area (Å²) in [4.78, 5) is 30.9. The van der Waals surface area contributed by atoms with Gasteiger partial charge in [-0.05, 0) is 125 Å². The Bertz CT molecular complexity index is 1850. The lowest BCUT2D eigenvalue weighted by Gasteiger charge is -2.27. The Labute approximate surface area is 412 Å². The molecule has 0 unspecified atom stereocenters. The number of aliphatic hydroxyl groups is 2. The molecule has 0 bridgehead atoms. The van der Waals surface area contributed by atoms with E-state index in [9.17, 15) is 14.4 Å². The third-order valence-electron chi connectivity index (χ3n) is 10.3. The van der Waals surface area contributed by atoms with E-state index in [4.69, 9.17) is 28.0 Å². The molecule has 1 saturated carbocycles. The molecule has 0 saturated heterocycles. The van der Waals surface area contributed by atoms with Crippen molar-refractivity contribution in [3.8, 4) is 11.5 Å². The van der Waals surface area contributed by atoms with E-state index in [1.54, 1.807) is 6.92 Å². The minimum absolute atomic E-state index is 0. The Morgan fingerprint density at radius 1 is 0.723 bits per heavy atom. The zero-order chi connectivity index (χ0) is 49.5. The summed E-state index contributed by atoms with van der Waals surface area (Å²) in [7, 11) is 0. The van der Waals surface area contributed by atoms with Crippen molar-refractivity contribution in [1.29, 1.82) is 0 Å². The second-order valence-corrected chi connectivity index (χ2v) is 22.7. The van der Waals surface area contributed by atoms with Crippen LogP contribution in [0.3, 0.4) is 0 Å². The largest absolute Gasteiger partial charge is 0.856 e. The van der Waals surface area contributed by atoms with Crippen molar-refractivity contribution in [2.75, 3.05) is 0 Å². The molecule has 5 atom stereocenters. The highest BCUT2D eigenvalue weighted by Crippen LogP contribution is 2.36. The number of fused-ring (bicyclic) bond motifs is 3. The summed E-state index contributed by atoms with van der Waals surface area (Å²) in [6.45, 7) is 20.1. The van der Waals surface area contributed by atoms with Crippen LogP contribution >= 0.6 is 31.9 Å². The number of carbonyl (C=O) groups is 3. The normalized spacial score (nSPS) is 18.6. The molecule has 10 nitrogen and oxygen atoms in total. The molecular weight excluding hydrogens is 969 g/mol. The number of carboxylic acid groups (broad SMARTS) is 2. The van der Waals surface area contributed by atoms with Crippen molar-refractivity contribution in [2.45, 2.75) is 144 Å². The summed E-state index contributed by atoms with van der Waals surface area (Å²) in [5.41, 5.74) is 4.33. The van der Waals surface area contributed by atoms with Gasteiger partial charge in [-0.15, -0.1) is 0 Å². The smallest absolute Gasteiger partial charge is 0.611 e. The van der Waals surface area contributed by atoms with Crippen LogP contribution in [0, 0.1) is 29.6 Å². The van der Waals surface area contributed by atoms with Crippen LogP contribution in [-0.4, -0.2) is 64.2 Å². The second kappa shape index (κ2) is 30.2. The minimum Gasteiger partial charge on any atom is -0.611 e. The van der Waals surface area contributed by atoms with Gasteiger partial charge in [0.15, 0.2) is 11.2 Å². The first-order chi connectivity index (χ1) is 30.3. The molecule has 1 aliphatic carbocycles. The standard InChI is InChI=1S/C22H22Br2O2.C8H11N.2C7H14O3.C6H12O.C2H5.Al.H2/c23-19-9-11-21(25)17(13-19)7-5-15-3-1-2-4-16(15)6-8-18-14-20(24)10-12-22(18)26;1-7(9)8-5-3-2-4-6-8;2*1-5(2)4-7(3,10)6(8)9;1-5(2)4-6(3)7;1-2;;/h5-16,25-26H,1-4H2;2-7H,9H2,1H3;2*5,10H,4H2,1-3H3,(H,8,9);5H,4H2,1-3H3;1H2,2H3;;1H/q;;;;;;+2;/p-1/b7-5+,8-6+;;;;;;;/t15-,16-;3*7-;;;;/m0000..../s1/i;;;;;;;1+1. The number of hydrogen-bond acceptors (Lipinski definition) is 7. The van der Waals surface area contributed by atoms with Crippen LogP contribution in [0.25, 0.3) is 12.2 Å². The molecule has 7 N–H and O–H groups in total. The van der Waals surface area contributed by atoms with Crippen molar-refractivity contribution in [1.82, 2.24) is 0 Å². The summed E-state index contributed by atoms with van der Waals surface area (Å²) in [5, 5.41) is 36.1. The number of Topliss-reactive ketones (excluding diaryl/α,β-unsaturated/α-hetero) is 1. The molecule has 13 heteroatoms. The number of ketones is 1. The van der Waals surface area contributed by atoms with E-state index >= 15 is 0 Å². The molecule has 5 rings (SSSR count). The molecule has 0 aromatic heterocycles. The molecule has 362 valence electrons. The van der Waals surface area contributed by atoms with E-state index in [2.05, 4.69) is 112 Å². The molecule has 2 aliphatic rings. The zero-order valence-electron chi connectivity index (χ0n) is 40.7. The van der Waals surface area contributed by atoms with E-state index in [0.29, 0.717) is 36.6 Å². The van der Waals surface area contributed by atoms with Crippen LogP contribution in [0.1, 0.15) is 145 Å². The fourth-order valence-electron chi connectivity index (χ4n) is 7.23. The van der Waals surface area contributed by atoms with Gasteiger partial charge in [-0.25, -0.2) is 9.59 Å². The second-order valence-electron chi connectivity index (χ2n) is 18.7. The number of carboxylic acids is 2. The molecule has 1 aliphatic heterocycles. The van der Waals surface area contributed by atoms with Gasteiger partial charge in [-0.3, -0.25) is 0 Å². The fraction of sp³-hybridized carbons (Fsp3) is 0.519. The number of halogens is 2. The van der Waals surface area contributed by atoms with Crippen molar-refractivity contribution < 1.29 is 49.5 Å². The lowest BCUT2D eigenvalue weighted by Crippen LogP contribution is -2.51. The Kier molecular flexibility index (Phi) is 27.7. The van der Waals surface area contributed by atoms with Crippen molar-refractivity contribution in [3.05, 3.63) is 105 Å². The average molecular weight is 1050 g/mol. The van der Waals surface area contributed by atoms with Gasteiger partial charge >= 0.3 is 26.8 Å². The number of rotatable bonds is 10. The van der Waals surface area contributed by atoms with E-state index in [0.717, 1.165) is 43.3 Å². The van der Waals surface area contributed by atoms with Crippen LogP contribution < -0.4 is 13.3 Å². The lowest BCUT2D eigenvalue weighted by molar-refractivity contribution is -0.420. The predicted octanol–water partition coefficient (Wildman–Crippen LogP) is 12.6. The van der Waals surface area contributed by atoms with Gasteiger partial charge in [0.1, 0.15) is 11.8 Å². The topological polar surface area (TPSA) is 178 Å². The van der Waals surface area contributed by atoms with E-state index in [1.165, 1.54) is 45.1 Å². The molecule has 0 radical (unpaired) electrons. The predicted molar refractivity (Wildman–Crippen MR) is 275 cm³/mol. The Morgan fingerprint density at radius 2 is 1.12 bits per heavy atom. The van der Waals surface area contributed by atoms with Crippen LogP contribution in [0.5, 0.6) is 11.5 Å². The first-order valence-electron chi connectivity index (χ1n) is 22.9. The summed E-state index contributed by atoms with van der Waals surface area (Å²) in [6, 6.07) is 23.2. The number of aliphatic carboxylic acids is 2. The maximum atomic E-state index is 10.3. The highest BCUT2D eigenvalue weighted by atomic mass is 79.9. The lowest BCUT2D eigenvalue weighted by atomic mass is 9.78. The molecule has 3 aromatic rings. The summed E-state index contributed by atoms with van der Waals surface area (Å²) in [6.07, 6.45) is 15.7. The number of benzene rings is 3. The summed E-state index contributed by atoms with van der Waals surface area (Å²) >= 11 is 5.31. The fourth-order valence-corrected chi connectivity index (χ4v) is 9.36. The number of hydrogen-bond donors (Lipinski definition) is 5. The van der Waals surface area contributed by atoms with Crippen molar-refractivity contribution in [2.24, 2.45) is 29.6 Å². The SMILES string of the molecule is CC(=O)CC(C)C.CC(C)C[C@](C)(O)C(=O)O.CC(C)C[C@](C)(O)C(=O)O.C[C@H]([NH3+])c1ccccc1.C[CH2][Al]1[O]c2ccc(Br)cc2/C=C/[C@@H]2CCCC[C@H]2/C=C/c2cc(Br)ccc2[O]1.[2HH].